The van der Waals surface area contributed by atoms with E-state index in [0.29, 0.717) is 0 Å². The van der Waals surface area contributed by atoms with E-state index in [9.17, 15) is 0 Å². The average Bonchev–Trinajstić information content (AvgIpc) is 2.05. The van der Waals surface area contributed by atoms with Crippen LogP contribution in [0.5, 0.6) is 0 Å². The minimum Gasteiger partial charge on any atom is -0.309 e. The van der Waals surface area contributed by atoms with Crippen LogP contribution in [-0.2, 0) is 0 Å². The molecule has 60 valence electrons. The molecule has 0 aliphatic heterocycles. The Balaban J connectivity index is 4.47. The summed E-state index contributed by atoms with van der Waals surface area (Å²) in [5, 5.41) is 0. The Bertz CT molecular complexity index is 184. The first-order chi connectivity index (χ1) is 5.29. The Morgan fingerprint density at radius 2 is 1.82 bits per heavy atom. The minimum atomic E-state index is 0.720. The second-order valence-electron chi connectivity index (χ2n) is 1.74. The SMILES string of the molecule is C=CN(C=C)C(C=NC)=NC. The fraction of sp³-hybridized carbons (Fsp3) is 0.250. The highest BCUT2D eigenvalue weighted by molar-refractivity contribution is 6.29. The first-order valence-corrected chi connectivity index (χ1v) is 3.22. The summed E-state index contributed by atoms with van der Waals surface area (Å²) >= 11 is 0. The van der Waals surface area contributed by atoms with Crippen LogP contribution in [0.2, 0.25) is 0 Å². The minimum absolute atomic E-state index is 0.720. The van der Waals surface area contributed by atoms with E-state index in [1.54, 1.807) is 37.6 Å². The van der Waals surface area contributed by atoms with Gasteiger partial charge >= 0.3 is 0 Å². The summed E-state index contributed by atoms with van der Waals surface area (Å²) in [5.41, 5.74) is 0. The van der Waals surface area contributed by atoms with Gasteiger partial charge in [0.05, 0.1) is 6.21 Å². The molecule has 0 saturated carbocycles. The molecule has 0 rings (SSSR count). The molecule has 0 aromatic rings. The molecule has 0 amide bonds. The maximum absolute atomic E-state index is 3.97. The Kier molecular flexibility index (Phi) is 4.73. The van der Waals surface area contributed by atoms with Gasteiger partial charge in [-0.3, -0.25) is 9.98 Å². The van der Waals surface area contributed by atoms with E-state index in [4.69, 9.17) is 0 Å². The Morgan fingerprint density at radius 1 is 1.27 bits per heavy atom. The van der Waals surface area contributed by atoms with Crippen molar-refractivity contribution in [3.8, 4) is 0 Å². The van der Waals surface area contributed by atoms with E-state index in [1.807, 2.05) is 0 Å². The zero-order valence-electron chi connectivity index (χ0n) is 6.99. The number of aliphatic imine (C=N–C) groups is 2. The molecule has 0 radical (unpaired) electrons. The van der Waals surface area contributed by atoms with Gasteiger partial charge in [-0.05, 0) is 0 Å². The van der Waals surface area contributed by atoms with Gasteiger partial charge in [0.15, 0.2) is 0 Å². The smallest absolute Gasteiger partial charge is 0.149 e. The topological polar surface area (TPSA) is 28.0 Å². The molecule has 0 bridgehead atoms. The van der Waals surface area contributed by atoms with E-state index in [0.717, 1.165) is 5.84 Å². The molecule has 11 heavy (non-hydrogen) atoms. The number of nitrogens with zero attached hydrogens (tertiary/aromatic N) is 3. The van der Waals surface area contributed by atoms with E-state index in [1.165, 1.54) is 0 Å². The van der Waals surface area contributed by atoms with Gasteiger partial charge in [-0.25, -0.2) is 0 Å². The molecular weight excluding hydrogens is 138 g/mol. The van der Waals surface area contributed by atoms with Gasteiger partial charge < -0.3 is 4.90 Å². The molecule has 3 nitrogen and oxygen atoms in total. The molecule has 0 aromatic carbocycles. The van der Waals surface area contributed by atoms with Crippen LogP contribution < -0.4 is 0 Å². The van der Waals surface area contributed by atoms with Crippen molar-refractivity contribution < 1.29 is 0 Å². The largest absolute Gasteiger partial charge is 0.309 e. The second kappa shape index (κ2) is 5.41. The molecule has 0 aliphatic rings. The van der Waals surface area contributed by atoms with Crippen molar-refractivity contribution in [2.45, 2.75) is 0 Å². The lowest BCUT2D eigenvalue weighted by Gasteiger charge is -2.12. The lowest BCUT2D eigenvalue weighted by atomic mass is 10.5. The Labute approximate surface area is 67.5 Å². The van der Waals surface area contributed by atoms with Crippen LogP contribution in [-0.4, -0.2) is 31.0 Å². The highest BCUT2D eigenvalue weighted by atomic mass is 15.2. The van der Waals surface area contributed by atoms with Crippen LogP contribution in [0.3, 0.4) is 0 Å². The molecule has 0 aliphatic carbocycles. The van der Waals surface area contributed by atoms with Crippen LogP contribution in [0.25, 0.3) is 0 Å². The van der Waals surface area contributed by atoms with Crippen molar-refractivity contribution in [1.29, 1.82) is 0 Å². The molecule has 0 saturated heterocycles. The van der Waals surface area contributed by atoms with Gasteiger partial charge in [0.1, 0.15) is 5.84 Å². The van der Waals surface area contributed by atoms with Gasteiger partial charge in [0, 0.05) is 26.5 Å². The normalized spacial score (nSPS) is 11.6. The molecular formula is C8H13N3. The summed E-state index contributed by atoms with van der Waals surface area (Å²) in [7, 11) is 3.38. The Hall–Kier alpha value is -1.38. The van der Waals surface area contributed by atoms with Gasteiger partial charge in [-0.2, -0.15) is 0 Å². The summed E-state index contributed by atoms with van der Waals surface area (Å²) in [6, 6.07) is 0. The molecule has 3 heteroatoms. The van der Waals surface area contributed by atoms with E-state index in [2.05, 4.69) is 23.1 Å². The van der Waals surface area contributed by atoms with Gasteiger partial charge in [0.2, 0.25) is 0 Å². The summed E-state index contributed by atoms with van der Waals surface area (Å²) in [4.78, 5) is 9.49. The first-order valence-electron chi connectivity index (χ1n) is 3.22. The van der Waals surface area contributed by atoms with Gasteiger partial charge in [-0.15, -0.1) is 0 Å². The molecule has 0 N–H and O–H groups in total. The van der Waals surface area contributed by atoms with Crippen molar-refractivity contribution in [2.75, 3.05) is 14.1 Å². The fourth-order valence-corrected chi connectivity index (χ4v) is 0.617. The van der Waals surface area contributed by atoms with Crippen molar-refractivity contribution in [3.63, 3.8) is 0 Å². The standard InChI is InChI=1S/C8H13N3/c1-5-11(6-2)8(10-4)7-9-3/h5-7H,1-2H2,3-4H3. The third-order valence-corrected chi connectivity index (χ3v) is 1.13. The highest BCUT2D eigenvalue weighted by Gasteiger charge is 1.97. The van der Waals surface area contributed by atoms with Crippen molar-refractivity contribution in [2.24, 2.45) is 9.98 Å². The maximum Gasteiger partial charge on any atom is 0.149 e. The number of amidine groups is 1. The highest BCUT2D eigenvalue weighted by Crippen LogP contribution is 1.90. The summed E-state index contributed by atoms with van der Waals surface area (Å²) < 4.78 is 0. The molecule has 0 heterocycles. The quantitative estimate of drug-likeness (QED) is 0.441. The lowest BCUT2D eigenvalue weighted by molar-refractivity contribution is 0.775. The van der Waals surface area contributed by atoms with Crippen LogP contribution in [0.15, 0.2) is 35.5 Å². The predicted molar refractivity (Wildman–Crippen MR) is 50.0 cm³/mol. The van der Waals surface area contributed by atoms with Crippen molar-refractivity contribution in [3.05, 3.63) is 25.6 Å². The third kappa shape index (κ3) is 2.80. The van der Waals surface area contributed by atoms with Crippen LogP contribution in [0, 0.1) is 0 Å². The predicted octanol–water partition coefficient (Wildman–Crippen LogP) is 1.30. The monoisotopic (exact) mass is 151 g/mol. The summed E-state index contributed by atoms with van der Waals surface area (Å²) in [6.07, 6.45) is 4.89. The average molecular weight is 151 g/mol. The molecule has 0 fully saturated rings. The van der Waals surface area contributed by atoms with Gasteiger partial charge in [0.25, 0.3) is 0 Å². The third-order valence-electron chi connectivity index (χ3n) is 1.13. The summed E-state index contributed by atoms with van der Waals surface area (Å²) in [6.45, 7) is 7.19. The molecule has 0 atom stereocenters. The molecule has 0 aromatic heterocycles. The summed E-state index contributed by atoms with van der Waals surface area (Å²) in [5.74, 6) is 0.720. The maximum atomic E-state index is 3.97. The molecule has 0 unspecified atom stereocenters. The lowest BCUT2D eigenvalue weighted by Crippen LogP contribution is -2.20. The van der Waals surface area contributed by atoms with Crippen LogP contribution in [0.1, 0.15) is 0 Å². The van der Waals surface area contributed by atoms with E-state index >= 15 is 0 Å². The van der Waals surface area contributed by atoms with Gasteiger partial charge in [-0.1, -0.05) is 13.2 Å². The number of rotatable bonds is 3. The van der Waals surface area contributed by atoms with Crippen LogP contribution >= 0.6 is 0 Å². The number of hydrogen-bond donors (Lipinski definition) is 0. The van der Waals surface area contributed by atoms with Crippen LogP contribution in [0.4, 0.5) is 0 Å². The fourth-order valence-electron chi connectivity index (χ4n) is 0.617. The molecule has 0 spiro atoms. The van der Waals surface area contributed by atoms with E-state index < -0.39 is 0 Å². The zero-order valence-corrected chi connectivity index (χ0v) is 6.99. The number of hydrogen-bond acceptors (Lipinski definition) is 2. The first kappa shape index (κ1) is 9.62. The zero-order chi connectivity index (χ0) is 8.69. The van der Waals surface area contributed by atoms with Crippen molar-refractivity contribution in [1.82, 2.24) is 4.90 Å². The van der Waals surface area contributed by atoms with Crippen molar-refractivity contribution >= 4 is 12.1 Å². The van der Waals surface area contributed by atoms with E-state index in [-0.39, 0.29) is 0 Å². The Morgan fingerprint density at radius 3 is 2.09 bits per heavy atom. The second-order valence-corrected chi connectivity index (χ2v) is 1.74.